The average molecular weight is 251 g/mol. The van der Waals surface area contributed by atoms with E-state index in [2.05, 4.69) is 6.92 Å². The first-order valence-corrected chi connectivity index (χ1v) is 5.76. The van der Waals surface area contributed by atoms with Gasteiger partial charge in [-0.25, -0.2) is 0 Å². The van der Waals surface area contributed by atoms with Gasteiger partial charge in [0.25, 0.3) is 0 Å². The number of carbonyl (C=O) groups excluding carboxylic acids is 1. The van der Waals surface area contributed by atoms with E-state index in [0.29, 0.717) is 12.5 Å². The van der Waals surface area contributed by atoms with Crippen molar-refractivity contribution >= 4 is 18.3 Å². The Balaban J connectivity index is 0.00000225. The summed E-state index contributed by atoms with van der Waals surface area (Å²) in [5.41, 5.74) is 5.89. The lowest BCUT2D eigenvalue weighted by molar-refractivity contribution is -0.138. The molecule has 1 amide bonds. The van der Waals surface area contributed by atoms with Crippen LogP contribution in [-0.4, -0.2) is 43.2 Å². The van der Waals surface area contributed by atoms with Crippen molar-refractivity contribution in [1.82, 2.24) is 4.90 Å². The number of piperidine rings is 1. The monoisotopic (exact) mass is 250 g/mol. The molecule has 1 saturated heterocycles. The normalized spacial score (nSPS) is 25.1. The van der Waals surface area contributed by atoms with Gasteiger partial charge in [-0.05, 0) is 18.8 Å². The van der Waals surface area contributed by atoms with Crippen molar-refractivity contribution in [2.75, 3.05) is 26.3 Å². The predicted molar refractivity (Wildman–Crippen MR) is 66.7 cm³/mol. The molecular formula is C11H23ClN2O2. The summed E-state index contributed by atoms with van der Waals surface area (Å²) in [5, 5.41) is 0. The highest BCUT2D eigenvalue weighted by Gasteiger charge is 2.25. The molecule has 96 valence electrons. The Kier molecular flexibility index (Phi) is 7.72. The molecule has 2 N–H and O–H groups in total. The van der Waals surface area contributed by atoms with Gasteiger partial charge in [-0.15, -0.1) is 12.4 Å². The number of hydrogen-bond acceptors (Lipinski definition) is 3. The number of ether oxygens (including phenoxy) is 1. The average Bonchev–Trinajstić information content (AvgIpc) is 2.22. The Morgan fingerprint density at radius 2 is 2.25 bits per heavy atom. The molecule has 1 rings (SSSR count). The van der Waals surface area contributed by atoms with Gasteiger partial charge in [-0.3, -0.25) is 4.79 Å². The lowest BCUT2D eigenvalue weighted by Crippen LogP contribution is -2.49. The first-order chi connectivity index (χ1) is 7.15. The van der Waals surface area contributed by atoms with Gasteiger partial charge in [0, 0.05) is 25.7 Å². The summed E-state index contributed by atoms with van der Waals surface area (Å²) >= 11 is 0. The number of rotatable bonds is 4. The van der Waals surface area contributed by atoms with Crippen molar-refractivity contribution in [1.29, 1.82) is 0 Å². The summed E-state index contributed by atoms with van der Waals surface area (Å²) in [6.07, 6.45) is 1.86. The maximum Gasteiger partial charge on any atom is 0.248 e. The van der Waals surface area contributed by atoms with Crippen LogP contribution < -0.4 is 5.73 Å². The van der Waals surface area contributed by atoms with Crippen LogP contribution in [0, 0.1) is 5.92 Å². The van der Waals surface area contributed by atoms with E-state index < -0.39 is 0 Å². The van der Waals surface area contributed by atoms with E-state index in [4.69, 9.17) is 10.5 Å². The van der Waals surface area contributed by atoms with E-state index in [0.717, 1.165) is 25.9 Å². The predicted octanol–water partition coefficient (Wildman–Crippen LogP) is 1.03. The highest BCUT2D eigenvalue weighted by molar-refractivity contribution is 5.85. The zero-order chi connectivity index (χ0) is 11.3. The van der Waals surface area contributed by atoms with Gasteiger partial charge in [0.15, 0.2) is 0 Å². The van der Waals surface area contributed by atoms with Gasteiger partial charge in [0.05, 0.1) is 0 Å². The maximum absolute atomic E-state index is 11.7. The number of carbonyl (C=O) groups is 1. The van der Waals surface area contributed by atoms with Crippen molar-refractivity contribution in [3.8, 4) is 0 Å². The van der Waals surface area contributed by atoms with Crippen molar-refractivity contribution in [2.24, 2.45) is 11.7 Å². The highest BCUT2D eigenvalue weighted by Crippen LogP contribution is 2.14. The largest absolute Gasteiger partial charge is 0.372 e. The fourth-order valence-electron chi connectivity index (χ4n) is 1.79. The highest BCUT2D eigenvalue weighted by atomic mass is 35.5. The van der Waals surface area contributed by atoms with E-state index in [-0.39, 0.29) is 31.0 Å². The SMILES string of the molecule is CCCOCC(=O)N1CCC(N)C(C)C1.Cl. The topological polar surface area (TPSA) is 55.6 Å². The van der Waals surface area contributed by atoms with E-state index in [1.807, 2.05) is 11.8 Å². The summed E-state index contributed by atoms with van der Waals surface area (Å²) in [5.74, 6) is 0.496. The molecule has 16 heavy (non-hydrogen) atoms. The molecule has 1 aliphatic heterocycles. The third-order valence-electron chi connectivity index (χ3n) is 2.90. The van der Waals surface area contributed by atoms with Crippen molar-refractivity contribution in [3.05, 3.63) is 0 Å². The zero-order valence-electron chi connectivity index (χ0n) is 10.1. The molecule has 0 aromatic carbocycles. The van der Waals surface area contributed by atoms with Crippen LogP contribution >= 0.6 is 12.4 Å². The third-order valence-corrected chi connectivity index (χ3v) is 2.90. The Labute approximate surface area is 104 Å². The van der Waals surface area contributed by atoms with Gasteiger partial charge in [0.1, 0.15) is 6.61 Å². The van der Waals surface area contributed by atoms with E-state index in [1.54, 1.807) is 0 Å². The van der Waals surface area contributed by atoms with E-state index >= 15 is 0 Å². The number of nitrogens with two attached hydrogens (primary N) is 1. The molecule has 2 unspecified atom stereocenters. The van der Waals surface area contributed by atoms with Crippen LogP contribution in [0.4, 0.5) is 0 Å². The molecule has 0 radical (unpaired) electrons. The number of nitrogens with zero attached hydrogens (tertiary/aromatic N) is 1. The molecule has 0 bridgehead atoms. The van der Waals surface area contributed by atoms with Crippen molar-refractivity contribution in [3.63, 3.8) is 0 Å². The molecule has 4 nitrogen and oxygen atoms in total. The molecule has 1 heterocycles. The molecule has 0 aromatic rings. The van der Waals surface area contributed by atoms with Crippen LogP contribution in [0.1, 0.15) is 26.7 Å². The first kappa shape index (κ1) is 15.7. The lowest BCUT2D eigenvalue weighted by Gasteiger charge is -2.35. The van der Waals surface area contributed by atoms with Gasteiger partial charge < -0.3 is 15.4 Å². The molecule has 1 fully saturated rings. The minimum atomic E-state index is 0. The second-order valence-corrected chi connectivity index (χ2v) is 4.32. The molecule has 1 aliphatic rings. The quantitative estimate of drug-likeness (QED) is 0.759. The van der Waals surface area contributed by atoms with Crippen molar-refractivity contribution in [2.45, 2.75) is 32.7 Å². The summed E-state index contributed by atoms with van der Waals surface area (Å²) in [7, 11) is 0. The molecule has 0 aromatic heterocycles. The van der Waals surface area contributed by atoms with Crippen LogP contribution in [-0.2, 0) is 9.53 Å². The Bertz CT molecular complexity index is 214. The number of hydrogen-bond donors (Lipinski definition) is 1. The van der Waals surface area contributed by atoms with Crippen LogP contribution in [0.15, 0.2) is 0 Å². The lowest BCUT2D eigenvalue weighted by atomic mass is 9.95. The number of amides is 1. The Morgan fingerprint density at radius 3 is 2.81 bits per heavy atom. The van der Waals surface area contributed by atoms with Gasteiger partial charge in [0.2, 0.25) is 5.91 Å². The van der Waals surface area contributed by atoms with Gasteiger partial charge >= 0.3 is 0 Å². The zero-order valence-corrected chi connectivity index (χ0v) is 11.0. The number of halogens is 1. The fraction of sp³-hybridized carbons (Fsp3) is 0.909. The summed E-state index contributed by atoms with van der Waals surface area (Å²) < 4.78 is 5.24. The molecule has 0 aliphatic carbocycles. The minimum Gasteiger partial charge on any atom is -0.372 e. The maximum atomic E-state index is 11.7. The second kappa shape index (κ2) is 7.87. The van der Waals surface area contributed by atoms with Crippen LogP contribution in [0.3, 0.4) is 0 Å². The third kappa shape index (κ3) is 4.68. The molecule has 5 heteroatoms. The van der Waals surface area contributed by atoms with E-state index in [1.165, 1.54) is 0 Å². The van der Waals surface area contributed by atoms with Crippen LogP contribution in [0.2, 0.25) is 0 Å². The Morgan fingerprint density at radius 1 is 1.56 bits per heavy atom. The fourth-order valence-corrected chi connectivity index (χ4v) is 1.79. The second-order valence-electron chi connectivity index (χ2n) is 4.32. The minimum absolute atomic E-state index is 0. The molecule has 2 atom stereocenters. The van der Waals surface area contributed by atoms with Gasteiger partial charge in [-0.1, -0.05) is 13.8 Å². The van der Waals surface area contributed by atoms with Crippen molar-refractivity contribution < 1.29 is 9.53 Å². The summed E-state index contributed by atoms with van der Waals surface area (Å²) in [6, 6.07) is 0.241. The smallest absolute Gasteiger partial charge is 0.248 e. The van der Waals surface area contributed by atoms with Crippen LogP contribution in [0.25, 0.3) is 0 Å². The first-order valence-electron chi connectivity index (χ1n) is 5.76. The van der Waals surface area contributed by atoms with E-state index in [9.17, 15) is 4.79 Å². The van der Waals surface area contributed by atoms with Gasteiger partial charge in [-0.2, -0.15) is 0 Å². The number of likely N-dealkylation sites (tertiary alicyclic amines) is 1. The summed E-state index contributed by atoms with van der Waals surface area (Å²) in [6.45, 7) is 6.56. The molecule has 0 spiro atoms. The molecule has 0 saturated carbocycles. The summed E-state index contributed by atoms with van der Waals surface area (Å²) in [4.78, 5) is 13.6. The standard InChI is InChI=1S/C11H22N2O2.ClH/c1-3-6-15-8-11(14)13-5-4-10(12)9(2)7-13;/h9-10H,3-8,12H2,1-2H3;1H. The molecular weight excluding hydrogens is 228 g/mol. The van der Waals surface area contributed by atoms with Crippen LogP contribution in [0.5, 0.6) is 0 Å². The Hall–Kier alpha value is -0.320.